The largest absolute Gasteiger partial charge is 0.352 e. The maximum Gasteiger partial charge on any atom is 0.227 e. The smallest absolute Gasteiger partial charge is 0.227 e. The zero-order valence-electron chi connectivity index (χ0n) is 15.9. The minimum atomic E-state index is -0.511. The number of hydrogen-bond donors (Lipinski definition) is 1. The zero-order valence-corrected chi connectivity index (χ0v) is 15.9. The van der Waals surface area contributed by atoms with Gasteiger partial charge >= 0.3 is 0 Å². The molecule has 2 aromatic rings. The number of anilines is 2. The summed E-state index contributed by atoms with van der Waals surface area (Å²) in [6.45, 7) is 1.24. The molecule has 2 saturated heterocycles. The van der Waals surface area contributed by atoms with Gasteiger partial charge < -0.3 is 15.1 Å². The fraction of sp³-hybridized carbons (Fsp3) is 0.318. The van der Waals surface area contributed by atoms with Crippen molar-refractivity contribution in [3.63, 3.8) is 0 Å². The second-order valence-corrected chi connectivity index (χ2v) is 7.39. The molecule has 2 aromatic carbocycles. The summed E-state index contributed by atoms with van der Waals surface area (Å²) in [5.41, 5.74) is 1.98. The van der Waals surface area contributed by atoms with Crippen LogP contribution in [0.4, 0.5) is 15.8 Å². The zero-order chi connectivity index (χ0) is 20.4. The molecule has 0 radical (unpaired) electrons. The molecule has 0 unspecified atom stereocenters. The second-order valence-electron chi connectivity index (χ2n) is 7.39. The van der Waals surface area contributed by atoms with Crippen LogP contribution in [0.15, 0.2) is 48.5 Å². The van der Waals surface area contributed by atoms with Crippen LogP contribution in [0.2, 0.25) is 0 Å². The van der Waals surface area contributed by atoms with E-state index in [0.29, 0.717) is 13.0 Å². The number of hydrogen-bond acceptors (Lipinski definition) is 3. The SMILES string of the molecule is O=C(NCc1ccc(N2CCCC2=O)cc1)[C@@H]1CC(=O)N(c2ccccc2F)C1. The van der Waals surface area contributed by atoms with Gasteiger partial charge in [-0.25, -0.2) is 4.39 Å². The lowest BCUT2D eigenvalue weighted by Crippen LogP contribution is -2.32. The van der Waals surface area contributed by atoms with Gasteiger partial charge in [0.1, 0.15) is 5.82 Å². The van der Waals surface area contributed by atoms with Crippen molar-refractivity contribution >= 4 is 29.1 Å². The predicted molar refractivity (Wildman–Crippen MR) is 107 cm³/mol. The Morgan fingerprint density at radius 1 is 1.03 bits per heavy atom. The molecule has 6 nitrogen and oxygen atoms in total. The molecule has 2 aliphatic rings. The second kappa shape index (κ2) is 8.03. The highest BCUT2D eigenvalue weighted by atomic mass is 19.1. The molecule has 3 amide bonds. The molecule has 2 heterocycles. The van der Waals surface area contributed by atoms with Crippen LogP contribution in [0.5, 0.6) is 0 Å². The Balaban J connectivity index is 1.34. The third-order valence-corrected chi connectivity index (χ3v) is 5.43. The number of rotatable bonds is 5. The lowest BCUT2D eigenvalue weighted by Gasteiger charge is -2.17. The molecule has 0 aromatic heterocycles. The maximum atomic E-state index is 14.0. The molecule has 0 bridgehead atoms. The van der Waals surface area contributed by atoms with Gasteiger partial charge in [0.2, 0.25) is 17.7 Å². The number of carbonyl (C=O) groups excluding carboxylic acids is 3. The van der Waals surface area contributed by atoms with E-state index in [4.69, 9.17) is 0 Å². The maximum absolute atomic E-state index is 14.0. The van der Waals surface area contributed by atoms with Crippen molar-refractivity contribution in [1.29, 1.82) is 0 Å². The van der Waals surface area contributed by atoms with Crippen molar-refractivity contribution in [3.05, 3.63) is 59.9 Å². The van der Waals surface area contributed by atoms with E-state index in [-0.39, 0.29) is 36.4 Å². The van der Waals surface area contributed by atoms with Crippen LogP contribution in [0, 0.1) is 11.7 Å². The van der Waals surface area contributed by atoms with Gasteiger partial charge in [-0.15, -0.1) is 0 Å². The summed E-state index contributed by atoms with van der Waals surface area (Å²) in [7, 11) is 0. The standard InChI is InChI=1S/C22H22FN3O3/c23-18-4-1-2-5-19(18)26-14-16(12-21(26)28)22(29)24-13-15-7-9-17(10-8-15)25-11-3-6-20(25)27/h1-2,4-5,7-10,16H,3,6,11-14H2,(H,24,29)/t16-/m1/s1. The highest BCUT2D eigenvalue weighted by Crippen LogP contribution is 2.27. The number of benzene rings is 2. The van der Waals surface area contributed by atoms with Gasteiger partial charge in [0.25, 0.3) is 0 Å². The summed E-state index contributed by atoms with van der Waals surface area (Å²) in [6.07, 6.45) is 1.53. The molecule has 0 spiro atoms. The Morgan fingerprint density at radius 3 is 2.48 bits per heavy atom. The van der Waals surface area contributed by atoms with E-state index in [1.54, 1.807) is 23.1 Å². The van der Waals surface area contributed by atoms with E-state index < -0.39 is 11.7 Å². The van der Waals surface area contributed by atoms with Crippen LogP contribution in [-0.2, 0) is 20.9 Å². The lowest BCUT2D eigenvalue weighted by atomic mass is 10.1. The Labute approximate surface area is 168 Å². The summed E-state index contributed by atoms with van der Waals surface area (Å²) >= 11 is 0. The van der Waals surface area contributed by atoms with E-state index >= 15 is 0 Å². The van der Waals surface area contributed by atoms with Crippen LogP contribution in [-0.4, -0.2) is 30.8 Å². The summed E-state index contributed by atoms with van der Waals surface area (Å²) in [5.74, 6) is -1.33. The van der Waals surface area contributed by atoms with Crippen LogP contribution in [0.1, 0.15) is 24.8 Å². The molecule has 0 aliphatic carbocycles. The van der Waals surface area contributed by atoms with Crippen LogP contribution in [0.25, 0.3) is 0 Å². The molecular weight excluding hydrogens is 373 g/mol. The Hall–Kier alpha value is -3.22. The van der Waals surface area contributed by atoms with Gasteiger partial charge in [-0.05, 0) is 36.2 Å². The predicted octanol–water partition coefficient (Wildman–Crippen LogP) is 2.62. The fourth-order valence-electron chi connectivity index (χ4n) is 3.84. The molecule has 29 heavy (non-hydrogen) atoms. The first-order chi connectivity index (χ1) is 14.0. The minimum absolute atomic E-state index is 0.0657. The minimum Gasteiger partial charge on any atom is -0.352 e. The van der Waals surface area contributed by atoms with Crippen molar-refractivity contribution < 1.29 is 18.8 Å². The Kier molecular flexibility index (Phi) is 5.29. The van der Waals surface area contributed by atoms with Gasteiger partial charge in [0.05, 0.1) is 11.6 Å². The van der Waals surface area contributed by atoms with E-state index in [9.17, 15) is 18.8 Å². The molecule has 2 aliphatic heterocycles. The van der Waals surface area contributed by atoms with Gasteiger partial charge in [-0.2, -0.15) is 0 Å². The van der Waals surface area contributed by atoms with Crippen LogP contribution >= 0.6 is 0 Å². The van der Waals surface area contributed by atoms with Crippen molar-refractivity contribution in [2.24, 2.45) is 5.92 Å². The number of nitrogens with one attached hydrogen (secondary N) is 1. The molecule has 2 fully saturated rings. The van der Waals surface area contributed by atoms with E-state index in [1.165, 1.54) is 11.0 Å². The molecule has 7 heteroatoms. The first-order valence-electron chi connectivity index (χ1n) is 9.75. The molecule has 1 atom stereocenters. The van der Waals surface area contributed by atoms with Gasteiger partial charge in [0, 0.05) is 38.2 Å². The highest BCUT2D eigenvalue weighted by molar-refractivity contribution is 6.00. The summed E-state index contributed by atoms with van der Waals surface area (Å²) in [4.78, 5) is 39.7. The molecule has 150 valence electrons. The van der Waals surface area contributed by atoms with E-state index in [1.807, 2.05) is 24.3 Å². The third kappa shape index (κ3) is 3.99. The average Bonchev–Trinajstić information content (AvgIpc) is 3.32. The molecule has 4 rings (SSSR count). The highest BCUT2D eigenvalue weighted by Gasteiger charge is 2.36. The van der Waals surface area contributed by atoms with Crippen molar-refractivity contribution in [1.82, 2.24) is 5.32 Å². The van der Waals surface area contributed by atoms with E-state index in [2.05, 4.69) is 5.32 Å². The summed E-state index contributed by atoms with van der Waals surface area (Å²) in [5, 5.41) is 2.85. The quantitative estimate of drug-likeness (QED) is 0.846. The molecule has 0 saturated carbocycles. The first-order valence-corrected chi connectivity index (χ1v) is 9.75. The molecular formula is C22H22FN3O3. The summed E-state index contributed by atoms with van der Waals surface area (Å²) < 4.78 is 14.0. The van der Waals surface area contributed by atoms with Gasteiger partial charge in [-0.3, -0.25) is 14.4 Å². The van der Waals surface area contributed by atoms with Crippen molar-refractivity contribution in [2.75, 3.05) is 22.9 Å². The normalized spacial score (nSPS) is 19.1. The fourth-order valence-corrected chi connectivity index (χ4v) is 3.84. The number of para-hydroxylation sites is 1. The van der Waals surface area contributed by atoms with Crippen molar-refractivity contribution in [3.8, 4) is 0 Å². The van der Waals surface area contributed by atoms with Crippen LogP contribution in [0.3, 0.4) is 0 Å². The average molecular weight is 395 g/mol. The van der Waals surface area contributed by atoms with Crippen LogP contribution < -0.4 is 15.1 Å². The monoisotopic (exact) mass is 395 g/mol. The van der Waals surface area contributed by atoms with Gasteiger partial charge in [-0.1, -0.05) is 24.3 Å². The first kappa shape index (κ1) is 19.1. The number of nitrogens with zero attached hydrogens (tertiary/aromatic N) is 2. The lowest BCUT2D eigenvalue weighted by molar-refractivity contribution is -0.126. The summed E-state index contributed by atoms with van der Waals surface area (Å²) in [6, 6.07) is 13.6. The number of carbonyl (C=O) groups is 3. The topological polar surface area (TPSA) is 69.7 Å². The van der Waals surface area contributed by atoms with E-state index in [0.717, 1.165) is 24.2 Å². The Morgan fingerprint density at radius 2 is 1.79 bits per heavy atom. The Bertz CT molecular complexity index is 945. The number of amides is 3. The van der Waals surface area contributed by atoms with Gasteiger partial charge in [0.15, 0.2) is 0 Å². The third-order valence-electron chi connectivity index (χ3n) is 5.43. The number of halogens is 1. The van der Waals surface area contributed by atoms with Crippen molar-refractivity contribution in [2.45, 2.75) is 25.8 Å². The molecule has 1 N–H and O–H groups in total.